The minimum atomic E-state index is -0.265. The third-order valence-corrected chi connectivity index (χ3v) is 3.07. The molecule has 5 heteroatoms. The van der Waals surface area contributed by atoms with Crippen molar-refractivity contribution in [3.63, 3.8) is 0 Å². The van der Waals surface area contributed by atoms with Crippen molar-refractivity contribution in [3.05, 3.63) is 59.0 Å². The molecule has 0 saturated carbocycles. The van der Waals surface area contributed by atoms with Crippen LogP contribution in [0.5, 0.6) is 0 Å². The summed E-state index contributed by atoms with van der Waals surface area (Å²) in [5.74, 6) is 0. The van der Waals surface area contributed by atoms with Gasteiger partial charge in [0.2, 0.25) is 0 Å². The molecule has 5 nitrogen and oxygen atoms in total. The number of nitrogens with zero attached hydrogens (tertiary/aromatic N) is 2. The van der Waals surface area contributed by atoms with Gasteiger partial charge in [-0.05, 0) is 30.3 Å². The Morgan fingerprint density at radius 2 is 1.95 bits per heavy atom. The van der Waals surface area contributed by atoms with Crippen molar-refractivity contribution < 1.29 is 0 Å². The Morgan fingerprint density at radius 1 is 1.15 bits per heavy atom. The monoisotopic (exact) mass is 264 g/mol. The van der Waals surface area contributed by atoms with Crippen LogP contribution in [-0.2, 0) is 6.54 Å². The number of hydrogen-bond acceptors (Lipinski definition) is 3. The number of aromatic amines is 1. The average molecular weight is 264 g/mol. The lowest BCUT2D eigenvalue weighted by atomic mass is 10.2. The second kappa shape index (κ2) is 4.94. The van der Waals surface area contributed by atoms with E-state index in [2.05, 4.69) is 10.3 Å². The standard InChI is InChI=1S/C15H12N4O/c16-8-9-19-14-7-6-12(10-13(14)18-15(19)20)17-11-4-2-1-3-5-11/h1-7,10,17H,9H2,(H,18,20). The normalized spacial score (nSPS) is 10.3. The summed E-state index contributed by atoms with van der Waals surface area (Å²) >= 11 is 0. The maximum atomic E-state index is 11.7. The van der Waals surface area contributed by atoms with Gasteiger partial charge in [0, 0.05) is 11.4 Å². The van der Waals surface area contributed by atoms with E-state index in [1.807, 2.05) is 54.6 Å². The van der Waals surface area contributed by atoms with Gasteiger partial charge in [0.15, 0.2) is 0 Å². The Morgan fingerprint density at radius 3 is 2.70 bits per heavy atom. The molecule has 0 unspecified atom stereocenters. The van der Waals surface area contributed by atoms with Crippen LogP contribution in [0.4, 0.5) is 11.4 Å². The molecule has 0 radical (unpaired) electrons. The second-order valence-corrected chi connectivity index (χ2v) is 4.40. The first-order chi connectivity index (χ1) is 9.78. The molecule has 1 heterocycles. The van der Waals surface area contributed by atoms with Crippen LogP contribution in [0.25, 0.3) is 11.0 Å². The smallest absolute Gasteiger partial charge is 0.327 e. The van der Waals surface area contributed by atoms with Crippen molar-refractivity contribution in [1.29, 1.82) is 5.26 Å². The summed E-state index contributed by atoms with van der Waals surface area (Å²) in [6, 6.07) is 17.3. The summed E-state index contributed by atoms with van der Waals surface area (Å²) in [6.07, 6.45) is 0. The number of nitrogens with one attached hydrogen (secondary N) is 2. The number of fused-ring (bicyclic) bond motifs is 1. The molecule has 0 bridgehead atoms. The molecule has 0 spiro atoms. The van der Waals surface area contributed by atoms with E-state index in [-0.39, 0.29) is 12.2 Å². The number of anilines is 2. The zero-order chi connectivity index (χ0) is 13.9. The van der Waals surface area contributed by atoms with Crippen molar-refractivity contribution in [1.82, 2.24) is 9.55 Å². The molecule has 0 atom stereocenters. The van der Waals surface area contributed by atoms with Crippen molar-refractivity contribution in [2.75, 3.05) is 5.32 Å². The van der Waals surface area contributed by atoms with Gasteiger partial charge in [0.1, 0.15) is 6.54 Å². The third-order valence-electron chi connectivity index (χ3n) is 3.07. The predicted octanol–water partition coefficient (Wildman–Crippen LogP) is 2.60. The van der Waals surface area contributed by atoms with Gasteiger partial charge < -0.3 is 10.3 Å². The van der Waals surface area contributed by atoms with Gasteiger partial charge in [0.25, 0.3) is 0 Å². The van der Waals surface area contributed by atoms with Crippen LogP contribution in [-0.4, -0.2) is 9.55 Å². The van der Waals surface area contributed by atoms with E-state index >= 15 is 0 Å². The van der Waals surface area contributed by atoms with Crippen LogP contribution in [0.2, 0.25) is 0 Å². The van der Waals surface area contributed by atoms with E-state index in [9.17, 15) is 4.79 Å². The molecule has 0 aliphatic carbocycles. The zero-order valence-corrected chi connectivity index (χ0v) is 10.6. The van der Waals surface area contributed by atoms with Gasteiger partial charge >= 0.3 is 5.69 Å². The first kappa shape index (κ1) is 12.1. The minimum Gasteiger partial charge on any atom is -0.355 e. The molecule has 2 N–H and O–H groups in total. The SMILES string of the molecule is N#CCn1c(=O)[nH]c2cc(Nc3ccccc3)ccc21. The van der Waals surface area contributed by atoms with E-state index in [4.69, 9.17) is 5.26 Å². The highest BCUT2D eigenvalue weighted by Gasteiger charge is 2.06. The maximum absolute atomic E-state index is 11.7. The molecule has 0 saturated heterocycles. The van der Waals surface area contributed by atoms with Crippen LogP contribution < -0.4 is 11.0 Å². The molecule has 98 valence electrons. The number of aromatic nitrogens is 2. The van der Waals surface area contributed by atoms with Crippen molar-refractivity contribution in [2.24, 2.45) is 0 Å². The number of rotatable bonds is 3. The molecule has 2 aromatic carbocycles. The molecular formula is C15H12N4O. The Bertz CT molecular complexity index is 840. The van der Waals surface area contributed by atoms with Crippen LogP contribution in [0.15, 0.2) is 53.3 Å². The van der Waals surface area contributed by atoms with Gasteiger partial charge in [-0.15, -0.1) is 0 Å². The summed E-state index contributed by atoms with van der Waals surface area (Å²) in [5, 5.41) is 12.0. The van der Waals surface area contributed by atoms with Crippen molar-refractivity contribution in [3.8, 4) is 6.07 Å². The zero-order valence-electron chi connectivity index (χ0n) is 10.6. The lowest BCUT2D eigenvalue weighted by Gasteiger charge is -2.06. The Hall–Kier alpha value is -3.00. The molecule has 3 aromatic rings. The quantitative estimate of drug-likeness (QED) is 0.763. The molecule has 20 heavy (non-hydrogen) atoms. The summed E-state index contributed by atoms with van der Waals surface area (Å²) in [6.45, 7) is 0.0459. The second-order valence-electron chi connectivity index (χ2n) is 4.40. The molecule has 1 aromatic heterocycles. The van der Waals surface area contributed by atoms with E-state index in [1.165, 1.54) is 4.57 Å². The van der Waals surface area contributed by atoms with Gasteiger partial charge in [0.05, 0.1) is 17.1 Å². The highest BCUT2D eigenvalue weighted by Crippen LogP contribution is 2.20. The lowest BCUT2D eigenvalue weighted by Crippen LogP contribution is -2.15. The predicted molar refractivity (Wildman–Crippen MR) is 77.9 cm³/mol. The highest BCUT2D eigenvalue weighted by atomic mass is 16.1. The molecule has 0 aliphatic rings. The van der Waals surface area contributed by atoms with Crippen molar-refractivity contribution >= 4 is 22.4 Å². The summed E-state index contributed by atoms with van der Waals surface area (Å²) in [5.41, 5.74) is 3.04. The largest absolute Gasteiger partial charge is 0.355 e. The Labute approximate surface area is 115 Å². The van der Waals surface area contributed by atoms with E-state index in [0.29, 0.717) is 5.52 Å². The number of para-hydroxylation sites is 1. The minimum absolute atomic E-state index is 0.0459. The summed E-state index contributed by atoms with van der Waals surface area (Å²) in [7, 11) is 0. The van der Waals surface area contributed by atoms with Crippen LogP contribution in [0.1, 0.15) is 0 Å². The summed E-state index contributed by atoms with van der Waals surface area (Å²) < 4.78 is 1.42. The third kappa shape index (κ3) is 2.15. The van der Waals surface area contributed by atoms with Gasteiger partial charge in [-0.25, -0.2) is 4.79 Å². The fourth-order valence-electron chi connectivity index (χ4n) is 2.16. The van der Waals surface area contributed by atoms with Gasteiger partial charge in [-0.2, -0.15) is 5.26 Å². The van der Waals surface area contributed by atoms with Crippen LogP contribution in [0, 0.1) is 11.3 Å². The van der Waals surface area contributed by atoms with Crippen LogP contribution in [0.3, 0.4) is 0 Å². The highest BCUT2D eigenvalue weighted by molar-refractivity contribution is 5.80. The molecular weight excluding hydrogens is 252 g/mol. The van der Waals surface area contributed by atoms with E-state index < -0.39 is 0 Å². The topological polar surface area (TPSA) is 73.6 Å². The first-order valence-corrected chi connectivity index (χ1v) is 6.19. The van der Waals surface area contributed by atoms with Crippen LogP contribution >= 0.6 is 0 Å². The number of H-pyrrole nitrogens is 1. The number of imidazole rings is 1. The van der Waals surface area contributed by atoms with Crippen molar-refractivity contribution in [2.45, 2.75) is 6.54 Å². The number of hydrogen-bond donors (Lipinski definition) is 2. The fourth-order valence-corrected chi connectivity index (χ4v) is 2.16. The Balaban J connectivity index is 2.00. The van der Waals surface area contributed by atoms with Gasteiger partial charge in [-0.1, -0.05) is 18.2 Å². The fraction of sp³-hybridized carbons (Fsp3) is 0.0667. The van der Waals surface area contributed by atoms with E-state index in [1.54, 1.807) is 0 Å². The maximum Gasteiger partial charge on any atom is 0.327 e. The molecule has 0 amide bonds. The Kier molecular flexibility index (Phi) is 2.98. The average Bonchev–Trinajstić information content (AvgIpc) is 2.76. The lowest BCUT2D eigenvalue weighted by molar-refractivity contribution is 0.817. The number of nitriles is 1. The number of benzene rings is 2. The first-order valence-electron chi connectivity index (χ1n) is 6.19. The molecule has 0 aliphatic heterocycles. The summed E-state index contributed by atoms with van der Waals surface area (Å²) in [4.78, 5) is 14.5. The van der Waals surface area contributed by atoms with E-state index in [0.717, 1.165) is 16.9 Å². The molecule has 0 fully saturated rings. The molecule has 3 rings (SSSR count). The van der Waals surface area contributed by atoms with Gasteiger partial charge in [-0.3, -0.25) is 4.57 Å².